The minimum absolute atomic E-state index is 0.387. The van der Waals surface area contributed by atoms with Gasteiger partial charge >= 0.3 is 6.18 Å². The Kier molecular flexibility index (Phi) is 4.68. The molecule has 0 amide bonds. The van der Waals surface area contributed by atoms with E-state index in [9.17, 15) is 35.5 Å². The highest BCUT2D eigenvalue weighted by molar-refractivity contribution is 7.92. The third kappa shape index (κ3) is 3.31. The lowest BCUT2D eigenvalue weighted by atomic mass is 10.2. The van der Waals surface area contributed by atoms with Crippen LogP contribution in [0.25, 0.3) is 0 Å². The molecule has 132 valence electrons. The second-order valence-electron chi connectivity index (χ2n) is 5.32. The van der Waals surface area contributed by atoms with Gasteiger partial charge in [-0.2, -0.15) is 13.2 Å². The fraction of sp³-hybridized carbons (Fsp3) is 0.667. The van der Waals surface area contributed by atoms with Crippen molar-refractivity contribution in [2.24, 2.45) is 5.92 Å². The van der Waals surface area contributed by atoms with Crippen LogP contribution in [-0.2, 0) is 9.84 Å². The van der Waals surface area contributed by atoms with E-state index in [1.165, 1.54) is 0 Å². The molecule has 0 unspecified atom stereocenters. The Labute approximate surface area is 132 Å². The fourth-order valence-corrected chi connectivity index (χ4v) is 4.54. The van der Waals surface area contributed by atoms with Gasteiger partial charge in [-0.15, -0.1) is 0 Å². The summed E-state index contributed by atoms with van der Waals surface area (Å²) in [4.78, 5) is 0. The van der Waals surface area contributed by atoms with E-state index in [1.807, 2.05) is 0 Å². The van der Waals surface area contributed by atoms with Crippen LogP contribution in [0.1, 0.15) is 30.3 Å². The van der Waals surface area contributed by atoms with Crippen molar-refractivity contribution in [2.75, 3.05) is 12.9 Å². The van der Waals surface area contributed by atoms with E-state index in [0.29, 0.717) is 11.3 Å². The van der Waals surface area contributed by atoms with E-state index in [2.05, 4.69) is 0 Å². The minimum Gasteiger partial charge on any atom is -0.483 e. The van der Waals surface area contributed by atoms with Gasteiger partial charge in [0.1, 0.15) is 16.9 Å². The normalized spacial score (nSPS) is 26.2. The molecule has 1 aromatic rings. The van der Waals surface area contributed by atoms with E-state index < -0.39 is 67.4 Å². The van der Waals surface area contributed by atoms with Gasteiger partial charge in [0.25, 0.3) is 0 Å². The number of hydrogen-bond acceptors (Lipinski definition) is 5. The van der Waals surface area contributed by atoms with Crippen LogP contribution in [0.4, 0.5) is 22.0 Å². The van der Waals surface area contributed by atoms with Gasteiger partial charge in [0.05, 0.1) is 11.5 Å². The lowest BCUT2D eigenvalue weighted by Gasteiger charge is -2.16. The summed E-state index contributed by atoms with van der Waals surface area (Å²) in [6.45, 7) is -0.0372. The first-order valence-corrected chi connectivity index (χ1v) is 9.08. The fourth-order valence-electron chi connectivity index (χ4n) is 2.11. The van der Waals surface area contributed by atoms with Crippen LogP contribution >= 0.6 is 11.3 Å². The third-order valence-electron chi connectivity index (χ3n) is 3.43. The molecule has 0 saturated carbocycles. The first-order chi connectivity index (χ1) is 10.4. The number of aliphatic hydroxyl groups is 1. The first-order valence-electron chi connectivity index (χ1n) is 6.38. The Balaban J connectivity index is 2.42. The number of fused-ring (bicyclic) bond motifs is 1. The summed E-state index contributed by atoms with van der Waals surface area (Å²) < 4.78 is 92.8. The molecule has 0 spiro atoms. The van der Waals surface area contributed by atoms with Gasteiger partial charge in [0.15, 0.2) is 27.2 Å². The molecule has 1 aliphatic rings. The van der Waals surface area contributed by atoms with E-state index in [4.69, 9.17) is 4.74 Å². The van der Waals surface area contributed by atoms with Crippen LogP contribution < -0.4 is 4.74 Å². The number of sulfone groups is 1. The summed E-state index contributed by atoms with van der Waals surface area (Å²) in [5.74, 6) is -1.88. The average molecular weight is 380 g/mol. The number of halogens is 5. The molecule has 2 rings (SSSR count). The number of hydrogen-bond donors (Lipinski definition) is 1. The number of alkyl halides is 5. The third-order valence-corrected chi connectivity index (χ3v) is 6.41. The van der Waals surface area contributed by atoms with Gasteiger partial charge in [0, 0.05) is 11.8 Å². The van der Waals surface area contributed by atoms with Crippen LogP contribution in [0.2, 0.25) is 0 Å². The molecule has 4 atom stereocenters. The molecule has 0 fully saturated rings. The maximum absolute atomic E-state index is 14.0. The number of rotatable bonds is 4. The smallest absolute Gasteiger partial charge is 0.394 e. The van der Waals surface area contributed by atoms with Crippen LogP contribution in [0, 0.1) is 5.92 Å². The van der Waals surface area contributed by atoms with Gasteiger partial charge < -0.3 is 9.84 Å². The van der Waals surface area contributed by atoms with Gasteiger partial charge in [0.2, 0.25) is 0 Å². The highest BCUT2D eigenvalue weighted by Gasteiger charge is 2.48. The van der Waals surface area contributed by atoms with Gasteiger partial charge in [-0.1, -0.05) is 18.3 Å². The maximum atomic E-state index is 14.0. The van der Waals surface area contributed by atoms with E-state index in [0.717, 1.165) is 13.2 Å². The Bertz CT molecular complexity index is 697. The Hall–Kier alpha value is -0.940. The Morgan fingerprint density at radius 3 is 2.35 bits per heavy atom. The molecule has 1 heterocycles. The van der Waals surface area contributed by atoms with E-state index >= 15 is 0 Å². The van der Waals surface area contributed by atoms with Crippen molar-refractivity contribution in [2.45, 2.75) is 35.8 Å². The molecule has 0 bridgehead atoms. The molecular formula is C12H13F5O4S2. The highest BCUT2D eigenvalue weighted by atomic mass is 32.2. The summed E-state index contributed by atoms with van der Waals surface area (Å²) in [6, 6.07) is 0. The molecule has 11 heteroatoms. The molecule has 0 saturated heterocycles. The predicted octanol–water partition coefficient (Wildman–Crippen LogP) is 3.12. The Morgan fingerprint density at radius 2 is 1.87 bits per heavy atom. The lowest BCUT2D eigenvalue weighted by Crippen LogP contribution is -2.25. The van der Waals surface area contributed by atoms with Gasteiger partial charge in [-0.3, -0.25) is 0 Å². The van der Waals surface area contributed by atoms with Crippen molar-refractivity contribution < 1.29 is 40.2 Å². The molecular weight excluding hydrogens is 367 g/mol. The molecule has 1 aromatic heterocycles. The minimum atomic E-state index is -4.54. The topological polar surface area (TPSA) is 63.6 Å². The van der Waals surface area contributed by atoms with Crippen molar-refractivity contribution in [1.82, 2.24) is 0 Å². The van der Waals surface area contributed by atoms with Gasteiger partial charge in [-0.05, 0) is 0 Å². The van der Waals surface area contributed by atoms with Crippen molar-refractivity contribution in [1.29, 1.82) is 0 Å². The lowest BCUT2D eigenvalue weighted by molar-refractivity contribution is -0.176. The van der Waals surface area contributed by atoms with E-state index in [-0.39, 0.29) is 0 Å². The molecule has 23 heavy (non-hydrogen) atoms. The van der Waals surface area contributed by atoms with Crippen molar-refractivity contribution in [3.8, 4) is 5.06 Å². The highest BCUT2D eigenvalue weighted by Crippen LogP contribution is 2.54. The zero-order valence-corrected chi connectivity index (χ0v) is 13.5. The quantitative estimate of drug-likeness (QED) is 0.816. The van der Waals surface area contributed by atoms with Crippen LogP contribution in [0.5, 0.6) is 5.06 Å². The van der Waals surface area contributed by atoms with Crippen molar-refractivity contribution in [3.05, 3.63) is 11.1 Å². The number of aliphatic hydroxyl groups excluding tert-OH is 1. The summed E-state index contributed by atoms with van der Waals surface area (Å²) in [5.41, 5.74) is -0.989. The monoisotopic (exact) mass is 380 g/mol. The second-order valence-corrected chi connectivity index (χ2v) is 8.52. The SMILES string of the molecule is C[C@@H](COc1sc(S(C)(=O)=O)c2c1[C@H](F)[C@@H](F)[C@H]2O)C(F)(F)F. The van der Waals surface area contributed by atoms with Gasteiger partial charge in [-0.25, -0.2) is 17.2 Å². The summed E-state index contributed by atoms with van der Waals surface area (Å²) in [5, 5.41) is 9.22. The maximum Gasteiger partial charge on any atom is 0.394 e. The van der Waals surface area contributed by atoms with Crippen LogP contribution in [0.3, 0.4) is 0 Å². The van der Waals surface area contributed by atoms with Crippen molar-refractivity contribution in [3.63, 3.8) is 0 Å². The summed E-state index contributed by atoms with van der Waals surface area (Å²) in [6.07, 6.45) is -10.5. The molecule has 4 nitrogen and oxygen atoms in total. The zero-order chi connectivity index (χ0) is 17.7. The predicted molar refractivity (Wildman–Crippen MR) is 71.8 cm³/mol. The standard InChI is InChI=1S/C12H13F5O4S2/c1-4(12(15,16)17)3-21-10-5-6(9(18)8(14)7(5)13)11(22-10)23(2,19)20/h4,7-9,18H,3H2,1-2H3/t4-,7-,8+,9-/m0/s1. The Morgan fingerprint density at radius 1 is 1.30 bits per heavy atom. The van der Waals surface area contributed by atoms with Crippen molar-refractivity contribution >= 4 is 21.2 Å². The second kappa shape index (κ2) is 5.85. The summed E-state index contributed by atoms with van der Waals surface area (Å²) >= 11 is 0.387. The molecule has 0 aromatic carbocycles. The number of thiophene rings is 1. The van der Waals surface area contributed by atoms with Crippen LogP contribution in [-0.4, -0.2) is 38.7 Å². The molecule has 0 aliphatic heterocycles. The molecule has 0 radical (unpaired) electrons. The largest absolute Gasteiger partial charge is 0.483 e. The number of ether oxygens (including phenoxy) is 1. The first kappa shape index (κ1) is 18.4. The summed E-state index contributed by atoms with van der Waals surface area (Å²) in [7, 11) is -3.93. The molecule has 1 N–H and O–H groups in total. The van der Waals surface area contributed by atoms with E-state index in [1.54, 1.807) is 0 Å². The zero-order valence-electron chi connectivity index (χ0n) is 11.9. The average Bonchev–Trinajstić information content (AvgIpc) is 2.88. The molecule has 1 aliphatic carbocycles. The van der Waals surface area contributed by atoms with Crippen LogP contribution in [0.15, 0.2) is 4.21 Å².